The van der Waals surface area contributed by atoms with Gasteiger partial charge >= 0.3 is 11.9 Å². The molecule has 1 atom stereocenters. The molecule has 1 unspecified atom stereocenters. The van der Waals surface area contributed by atoms with Crippen LogP contribution in [0, 0.1) is 0 Å². The Kier molecular flexibility index (Phi) is 54.6. The Morgan fingerprint density at radius 3 is 0.986 bits per heavy atom. The number of esters is 2. The summed E-state index contributed by atoms with van der Waals surface area (Å²) in [4.78, 5) is 25.5. The average Bonchev–Trinajstić information content (AvgIpc) is 3.36. The van der Waals surface area contributed by atoms with Gasteiger partial charge in [-0.3, -0.25) is 9.59 Å². The van der Waals surface area contributed by atoms with Gasteiger partial charge in [0.15, 0.2) is 6.10 Å². The molecule has 0 aliphatic heterocycles. The van der Waals surface area contributed by atoms with E-state index in [1.165, 1.54) is 19.3 Å². The lowest BCUT2D eigenvalue weighted by Crippen LogP contribution is -2.30. The molecule has 0 saturated carbocycles. The van der Waals surface area contributed by atoms with E-state index in [-0.39, 0.29) is 25.2 Å². The minimum absolute atomic E-state index is 0.0248. The molecule has 0 bridgehead atoms. The van der Waals surface area contributed by atoms with E-state index in [0.717, 1.165) is 148 Å². The summed E-state index contributed by atoms with van der Waals surface area (Å²) in [6.45, 7) is 7.25. The molecule has 5 nitrogen and oxygen atoms in total. The summed E-state index contributed by atoms with van der Waals surface area (Å²) in [5, 5.41) is 0. The second-order valence-corrected chi connectivity index (χ2v) is 17.3. The van der Waals surface area contributed by atoms with Gasteiger partial charge in [-0.15, -0.1) is 0 Å². The smallest absolute Gasteiger partial charge is 0.306 e. The second-order valence-electron chi connectivity index (χ2n) is 17.3. The van der Waals surface area contributed by atoms with Gasteiger partial charge in [0.2, 0.25) is 0 Å². The molecule has 70 heavy (non-hydrogen) atoms. The van der Waals surface area contributed by atoms with Crippen molar-refractivity contribution in [3.63, 3.8) is 0 Å². The van der Waals surface area contributed by atoms with E-state index < -0.39 is 6.10 Å². The first-order valence-electron chi connectivity index (χ1n) is 27.7. The van der Waals surface area contributed by atoms with E-state index in [1.54, 1.807) is 0 Å². The van der Waals surface area contributed by atoms with Crippen molar-refractivity contribution in [2.75, 3.05) is 19.8 Å². The number of unbranched alkanes of at least 4 members (excludes halogenated alkanes) is 9. The predicted molar refractivity (Wildman–Crippen MR) is 306 cm³/mol. The topological polar surface area (TPSA) is 61.8 Å². The van der Waals surface area contributed by atoms with Gasteiger partial charge in [-0.05, 0) is 141 Å². The summed E-state index contributed by atoms with van der Waals surface area (Å²) in [5.41, 5.74) is 0. The molecule has 0 rings (SSSR count). The maximum Gasteiger partial charge on any atom is 0.306 e. The normalized spacial score (nSPS) is 13.6. The van der Waals surface area contributed by atoms with Crippen LogP contribution in [0.25, 0.3) is 0 Å². The first kappa shape index (κ1) is 65.3. The van der Waals surface area contributed by atoms with Crippen LogP contribution >= 0.6 is 0 Å². The molecule has 0 aromatic heterocycles. The van der Waals surface area contributed by atoms with Gasteiger partial charge in [-0.1, -0.05) is 217 Å². The summed E-state index contributed by atoms with van der Waals surface area (Å²) < 4.78 is 17.3. The van der Waals surface area contributed by atoms with Crippen molar-refractivity contribution in [3.8, 4) is 0 Å². The van der Waals surface area contributed by atoms with Crippen LogP contribution in [0.15, 0.2) is 170 Å². The predicted octanol–water partition coefficient (Wildman–Crippen LogP) is 19.2. The number of ether oxygens (including phenoxy) is 3. The minimum Gasteiger partial charge on any atom is -0.462 e. The van der Waals surface area contributed by atoms with E-state index in [1.807, 2.05) is 0 Å². The van der Waals surface area contributed by atoms with Crippen molar-refractivity contribution in [1.82, 2.24) is 0 Å². The molecule has 5 heteroatoms. The van der Waals surface area contributed by atoms with Crippen LogP contribution < -0.4 is 0 Å². The van der Waals surface area contributed by atoms with Crippen molar-refractivity contribution < 1.29 is 23.8 Å². The van der Waals surface area contributed by atoms with Gasteiger partial charge in [0, 0.05) is 19.4 Å². The number of rotatable bonds is 48. The van der Waals surface area contributed by atoms with Crippen LogP contribution in [-0.4, -0.2) is 37.9 Å². The van der Waals surface area contributed by atoms with E-state index >= 15 is 0 Å². The lowest BCUT2D eigenvalue weighted by molar-refractivity contribution is -0.163. The number of carbonyl (C=O) groups excluding carboxylic acids is 2. The first-order valence-corrected chi connectivity index (χ1v) is 27.7. The number of hydrogen-bond donors (Lipinski definition) is 0. The van der Waals surface area contributed by atoms with Gasteiger partial charge in [0.1, 0.15) is 6.61 Å². The maximum atomic E-state index is 12.8. The van der Waals surface area contributed by atoms with Crippen molar-refractivity contribution in [2.45, 2.75) is 207 Å². The number of carbonyl (C=O) groups is 2. The molecule has 0 aliphatic carbocycles. The third kappa shape index (κ3) is 55.9. The Labute approximate surface area is 430 Å². The fourth-order valence-corrected chi connectivity index (χ4v) is 6.74. The molecule has 390 valence electrons. The fraction of sp³-hybridized carbons (Fsp3) is 0.538. The second kappa shape index (κ2) is 58.6. The van der Waals surface area contributed by atoms with Crippen molar-refractivity contribution in [2.24, 2.45) is 0 Å². The summed E-state index contributed by atoms with van der Waals surface area (Å²) in [6, 6.07) is 0. The Balaban J connectivity index is 4.51. The quantitative estimate of drug-likeness (QED) is 0.0345. The highest BCUT2D eigenvalue weighted by Crippen LogP contribution is 2.11. The number of allylic oxidation sites excluding steroid dienone is 28. The molecule has 0 aliphatic rings. The molecule has 0 radical (unpaired) electrons. The van der Waals surface area contributed by atoms with Crippen LogP contribution in [0.2, 0.25) is 0 Å². The SMILES string of the molecule is CC/C=C\C/C=C\C/C=C\C/C=C\C/C=C\C/C=C\CCCOCC(COC(=O)CCCCCCCC/C=C\C/C=C\C/C=C\C/C=C\CC)OC(=O)CCCC/C=C\C/C=C\C/C=C\C/C=C\CC. The molecule has 0 heterocycles. The maximum absolute atomic E-state index is 12.8. The lowest BCUT2D eigenvalue weighted by Gasteiger charge is -2.18. The van der Waals surface area contributed by atoms with Crippen LogP contribution in [0.4, 0.5) is 0 Å². The van der Waals surface area contributed by atoms with E-state index in [4.69, 9.17) is 14.2 Å². The van der Waals surface area contributed by atoms with Gasteiger partial charge in [-0.25, -0.2) is 0 Å². The molecular formula is C65H100O5. The van der Waals surface area contributed by atoms with Crippen molar-refractivity contribution in [3.05, 3.63) is 170 Å². The highest BCUT2D eigenvalue weighted by atomic mass is 16.6. The summed E-state index contributed by atoms with van der Waals surface area (Å²) in [6.07, 6.45) is 88.1. The van der Waals surface area contributed by atoms with E-state index in [9.17, 15) is 9.59 Å². The zero-order chi connectivity index (χ0) is 50.6. The van der Waals surface area contributed by atoms with Crippen molar-refractivity contribution >= 4 is 11.9 Å². The average molecular weight is 962 g/mol. The van der Waals surface area contributed by atoms with Gasteiger partial charge in [0.25, 0.3) is 0 Å². The molecule has 0 amide bonds. The summed E-state index contributed by atoms with van der Waals surface area (Å²) in [7, 11) is 0. The Hall–Kier alpha value is -4.74. The van der Waals surface area contributed by atoms with Gasteiger partial charge in [0.05, 0.1) is 6.61 Å². The van der Waals surface area contributed by atoms with Gasteiger partial charge < -0.3 is 14.2 Å². The van der Waals surface area contributed by atoms with Crippen molar-refractivity contribution in [1.29, 1.82) is 0 Å². The van der Waals surface area contributed by atoms with E-state index in [0.29, 0.717) is 19.4 Å². The highest BCUT2D eigenvalue weighted by molar-refractivity contribution is 5.70. The lowest BCUT2D eigenvalue weighted by atomic mass is 10.1. The van der Waals surface area contributed by atoms with Crippen LogP contribution in [0.5, 0.6) is 0 Å². The monoisotopic (exact) mass is 961 g/mol. The molecule has 0 aromatic rings. The molecule has 0 aromatic carbocycles. The molecule has 0 saturated heterocycles. The summed E-state index contributed by atoms with van der Waals surface area (Å²) >= 11 is 0. The molecule has 0 spiro atoms. The standard InChI is InChI=1S/C65H100O5/c1-4-7-10-13-16-19-22-25-28-30-32-34-36-39-42-45-48-51-54-57-60-68-61-63(70-65(67)59-56-53-50-47-44-41-37-27-24-21-18-15-12-9-6-3)62-69-64(66)58-55-52-49-46-43-40-38-35-33-31-29-26-23-20-17-14-11-8-5-2/h7-12,16-21,25-29,32-35,37,39,42,44,47-48,51,63H,4-6,13-15,22-24,30-31,36,38,40-41,43,45-46,49-50,52-62H2,1-3H3/b10-7-,11-8-,12-9-,19-16-,20-17-,21-18-,28-25-,29-26-,34-32-,35-33-,37-27-,42-39-,47-44-,51-48-. The van der Waals surface area contributed by atoms with Crippen LogP contribution in [0.1, 0.15) is 201 Å². The largest absolute Gasteiger partial charge is 0.462 e. The molecule has 0 N–H and O–H groups in total. The van der Waals surface area contributed by atoms with Gasteiger partial charge in [-0.2, -0.15) is 0 Å². The zero-order valence-electron chi connectivity index (χ0n) is 44.7. The molecule has 0 fully saturated rings. The third-order valence-electron chi connectivity index (χ3n) is 10.7. The first-order chi connectivity index (χ1) is 34.6. The minimum atomic E-state index is -0.609. The van der Waals surface area contributed by atoms with Crippen LogP contribution in [-0.2, 0) is 23.8 Å². The Morgan fingerprint density at radius 1 is 0.314 bits per heavy atom. The highest BCUT2D eigenvalue weighted by Gasteiger charge is 2.17. The Morgan fingerprint density at radius 2 is 0.600 bits per heavy atom. The number of hydrogen-bond acceptors (Lipinski definition) is 5. The van der Waals surface area contributed by atoms with E-state index in [2.05, 4.69) is 191 Å². The van der Waals surface area contributed by atoms with Crippen LogP contribution in [0.3, 0.4) is 0 Å². The zero-order valence-corrected chi connectivity index (χ0v) is 44.7. The Bertz CT molecular complexity index is 1600. The molecular weight excluding hydrogens is 861 g/mol. The fourth-order valence-electron chi connectivity index (χ4n) is 6.74. The summed E-state index contributed by atoms with van der Waals surface area (Å²) in [5.74, 6) is -0.509. The third-order valence-corrected chi connectivity index (χ3v) is 10.7.